The molecule has 0 unspecified atom stereocenters. The Balaban J connectivity index is 2.26. The van der Waals surface area contributed by atoms with Gasteiger partial charge in [0.1, 0.15) is 5.01 Å². The van der Waals surface area contributed by atoms with Gasteiger partial charge >= 0.3 is 0 Å². The molecule has 0 amide bonds. The van der Waals surface area contributed by atoms with Gasteiger partial charge in [-0.3, -0.25) is 4.98 Å². The molecule has 0 fully saturated rings. The van der Waals surface area contributed by atoms with Gasteiger partial charge in [-0.05, 0) is 36.6 Å². The molecule has 0 saturated carbocycles. The standard InChI is InChI=1S/C16H18N4S/c1-9(2)11-5-6-14-12(8-11)13(7-10(3)18-14)15-19-20-16(17-4)21-15/h5-9H,1-4H3,(H,17,20). The van der Waals surface area contributed by atoms with E-state index >= 15 is 0 Å². The van der Waals surface area contributed by atoms with E-state index in [2.05, 4.69) is 58.6 Å². The zero-order chi connectivity index (χ0) is 15.0. The van der Waals surface area contributed by atoms with Crippen LogP contribution in [-0.2, 0) is 0 Å². The summed E-state index contributed by atoms with van der Waals surface area (Å²) < 4.78 is 0. The Bertz CT molecular complexity index is 792. The molecule has 1 aromatic carbocycles. The summed E-state index contributed by atoms with van der Waals surface area (Å²) in [6.45, 7) is 6.42. The molecule has 2 heterocycles. The second-order valence-corrected chi connectivity index (χ2v) is 6.38. The first-order valence-corrected chi connectivity index (χ1v) is 7.83. The lowest BCUT2D eigenvalue weighted by Gasteiger charge is -2.10. The third-order valence-electron chi connectivity index (χ3n) is 3.50. The Morgan fingerprint density at radius 3 is 2.62 bits per heavy atom. The van der Waals surface area contributed by atoms with E-state index in [0.29, 0.717) is 5.92 Å². The van der Waals surface area contributed by atoms with Crippen LogP contribution in [0.1, 0.15) is 31.0 Å². The van der Waals surface area contributed by atoms with Crippen molar-refractivity contribution in [2.24, 2.45) is 0 Å². The maximum Gasteiger partial charge on any atom is 0.205 e. The first kappa shape index (κ1) is 13.9. The molecule has 1 N–H and O–H groups in total. The summed E-state index contributed by atoms with van der Waals surface area (Å²) in [4.78, 5) is 4.63. The molecule has 0 bridgehead atoms. The minimum Gasteiger partial charge on any atom is -0.363 e. The summed E-state index contributed by atoms with van der Waals surface area (Å²) in [6.07, 6.45) is 0. The molecule has 3 aromatic rings. The van der Waals surface area contributed by atoms with E-state index in [1.807, 2.05) is 14.0 Å². The number of hydrogen-bond acceptors (Lipinski definition) is 5. The van der Waals surface area contributed by atoms with Crippen LogP contribution in [0.2, 0.25) is 0 Å². The number of nitrogens with one attached hydrogen (secondary N) is 1. The number of pyridine rings is 1. The maximum absolute atomic E-state index is 4.63. The molecule has 0 radical (unpaired) electrons. The van der Waals surface area contributed by atoms with E-state index < -0.39 is 0 Å². The summed E-state index contributed by atoms with van der Waals surface area (Å²) in [7, 11) is 1.86. The number of aryl methyl sites for hydroxylation is 1. The van der Waals surface area contributed by atoms with Crippen LogP contribution < -0.4 is 5.32 Å². The van der Waals surface area contributed by atoms with Crippen LogP contribution in [-0.4, -0.2) is 22.2 Å². The monoisotopic (exact) mass is 298 g/mol. The summed E-state index contributed by atoms with van der Waals surface area (Å²) in [5.41, 5.74) is 4.43. The second-order valence-electron chi connectivity index (χ2n) is 5.40. The fourth-order valence-corrected chi connectivity index (χ4v) is 3.07. The average Bonchev–Trinajstić information content (AvgIpc) is 2.94. The number of hydrogen-bond donors (Lipinski definition) is 1. The molecule has 0 atom stereocenters. The van der Waals surface area contributed by atoms with Crippen LogP contribution in [0.3, 0.4) is 0 Å². The molecule has 3 rings (SSSR count). The summed E-state index contributed by atoms with van der Waals surface area (Å²) in [5, 5.41) is 14.4. The minimum absolute atomic E-state index is 0.492. The first-order chi connectivity index (χ1) is 10.1. The maximum atomic E-state index is 4.63. The lowest BCUT2D eigenvalue weighted by molar-refractivity contribution is 0.868. The van der Waals surface area contributed by atoms with Gasteiger partial charge in [-0.15, -0.1) is 10.2 Å². The molecule has 21 heavy (non-hydrogen) atoms. The summed E-state index contributed by atoms with van der Waals surface area (Å²) >= 11 is 1.56. The smallest absolute Gasteiger partial charge is 0.205 e. The van der Waals surface area contributed by atoms with Crippen LogP contribution in [0.5, 0.6) is 0 Å². The van der Waals surface area contributed by atoms with E-state index in [0.717, 1.165) is 32.3 Å². The Labute approximate surface area is 128 Å². The predicted molar refractivity (Wildman–Crippen MR) is 89.0 cm³/mol. The number of fused-ring (bicyclic) bond motifs is 1. The SMILES string of the molecule is CNc1nnc(-c2cc(C)nc3ccc(C(C)C)cc23)s1. The van der Waals surface area contributed by atoms with Gasteiger partial charge in [0.25, 0.3) is 0 Å². The van der Waals surface area contributed by atoms with E-state index in [1.165, 1.54) is 5.56 Å². The van der Waals surface area contributed by atoms with Crippen molar-refractivity contribution < 1.29 is 0 Å². The number of anilines is 1. The minimum atomic E-state index is 0.492. The lowest BCUT2D eigenvalue weighted by Crippen LogP contribution is -1.92. The van der Waals surface area contributed by atoms with Crippen molar-refractivity contribution in [2.75, 3.05) is 12.4 Å². The number of aromatic nitrogens is 3. The molecule has 0 saturated heterocycles. The Kier molecular flexibility index (Phi) is 3.59. The molecule has 108 valence electrons. The summed E-state index contributed by atoms with van der Waals surface area (Å²) in [6, 6.07) is 8.57. The van der Waals surface area contributed by atoms with Crippen LogP contribution in [0, 0.1) is 6.92 Å². The van der Waals surface area contributed by atoms with Crippen molar-refractivity contribution in [1.29, 1.82) is 0 Å². The highest BCUT2D eigenvalue weighted by Crippen LogP contribution is 2.33. The van der Waals surface area contributed by atoms with E-state index in [9.17, 15) is 0 Å². The highest BCUT2D eigenvalue weighted by Gasteiger charge is 2.12. The zero-order valence-corrected chi connectivity index (χ0v) is 13.5. The number of benzene rings is 1. The van der Waals surface area contributed by atoms with Gasteiger partial charge in [-0.25, -0.2) is 0 Å². The molecule has 0 aliphatic carbocycles. The van der Waals surface area contributed by atoms with Crippen molar-refractivity contribution in [3.63, 3.8) is 0 Å². The van der Waals surface area contributed by atoms with Gasteiger partial charge < -0.3 is 5.32 Å². The van der Waals surface area contributed by atoms with Crippen molar-refractivity contribution in [3.8, 4) is 10.6 Å². The second kappa shape index (κ2) is 5.41. The largest absolute Gasteiger partial charge is 0.363 e. The molecule has 2 aromatic heterocycles. The Morgan fingerprint density at radius 2 is 1.95 bits per heavy atom. The lowest BCUT2D eigenvalue weighted by atomic mass is 9.99. The van der Waals surface area contributed by atoms with Gasteiger partial charge in [-0.2, -0.15) is 0 Å². The third kappa shape index (κ3) is 2.61. The zero-order valence-electron chi connectivity index (χ0n) is 12.6. The molecule has 4 nitrogen and oxygen atoms in total. The average molecular weight is 298 g/mol. The van der Waals surface area contributed by atoms with Crippen molar-refractivity contribution in [3.05, 3.63) is 35.5 Å². The van der Waals surface area contributed by atoms with Crippen molar-refractivity contribution in [1.82, 2.24) is 15.2 Å². The number of nitrogens with zero attached hydrogens (tertiary/aromatic N) is 3. The van der Waals surface area contributed by atoms with E-state index in [1.54, 1.807) is 11.3 Å². The van der Waals surface area contributed by atoms with Gasteiger partial charge in [0.2, 0.25) is 5.13 Å². The fraction of sp³-hybridized carbons (Fsp3) is 0.312. The first-order valence-electron chi connectivity index (χ1n) is 7.01. The van der Waals surface area contributed by atoms with E-state index in [4.69, 9.17) is 0 Å². The van der Waals surface area contributed by atoms with Crippen LogP contribution in [0.4, 0.5) is 5.13 Å². The highest BCUT2D eigenvalue weighted by molar-refractivity contribution is 7.18. The predicted octanol–water partition coefficient (Wildman–Crippen LogP) is 4.23. The van der Waals surface area contributed by atoms with Gasteiger partial charge in [0.15, 0.2) is 0 Å². The van der Waals surface area contributed by atoms with Gasteiger partial charge in [0, 0.05) is 23.7 Å². The fourth-order valence-electron chi connectivity index (χ4n) is 2.34. The molecular formula is C16H18N4S. The molecule has 0 aliphatic rings. The van der Waals surface area contributed by atoms with Gasteiger partial charge in [-0.1, -0.05) is 31.3 Å². The Morgan fingerprint density at radius 1 is 1.14 bits per heavy atom. The molecule has 0 aliphatic heterocycles. The Hall–Kier alpha value is -2.01. The molecule has 0 spiro atoms. The molecular weight excluding hydrogens is 280 g/mol. The number of rotatable bonds is 3. The molecule has 5 heteroatoms. The van der Waals surface area contributed by atoms with Crippen molar-refractivity contribution in [2.45, 2.75) is 26.7 Å². The van der Waals surface area contributed by atoms with Crippen molar-refractivity contribution >= 4 is 27.4 Å². The topological polar surface area (TPSA) is 50.7 Å². The van der Waals surface area contributed by atoms with Crippen LogP contribution in [0.15, 0.2) is 24.3 Å². The van der Waals surface area contributed by atoms with Gasteiger partial charge in [0.05, 0.1) is 5.52 Å². The van der Waals surface area contributed by atoms with E-state index in [-0.39, 0.29) is 0 Å². The quantitative estimate of drug-likeness (QED) is 0.786. The highest BCUT2D eigenvalue weighted by atomic mass is 32.1. The summed E-state index contributed by atoms with van der Waals surface area (Å²) in [5.74, 6) is 0.492. The third-order valence-corrected chi connectivity index (χ3v) is 4.47. The van der Waals surface area contributed by atoms with Crippen LogP contribution >= 0.6 is 11.3 Å². The normalized spacial score (nSPS) is 11.3. The van der Waals surface area contributed by atoms with Crippen LogP contribution in [0.25, 0.3) is 21.5 Å².